The number of carbonyl (C=O) groups is 2. The van der Waals surface area contributed by atoms with Gasteiger partial charge in [-0.25, -0.2) is 4.99 Å². The first-order valence-electron chi connectivity index (χ1n) is 18.1. The van der Waals surface area contributed by atoms with Crippen LogP contribution in [-0.2, 0) is 39.8 Å². The van der Waals surface area contributed by atoms with E-state index in [9.17, 15) is 19.8 Å². The summed E-state index contributed by atoms with van der Waals surface area (Å²) < 4.78 is 31.5. The molecule has 1 aromatic carbocycles. The second-order valence-corrected chi connectivity index (χ2v) is 15.4. The number of ether oxygens (including phenoxy) is 5. The predicted molar refractivity (Wildman–Crippen MR) is 189 cm³/mol. The molecule has 3 aliphatic heterocycles. The molecule has 0 saturated carbocycles. The van der Waals surface area contributed by atoms with E-state index in [1.54, 1.807) is 21.0 Å². The van der Waals surface area contributed by atoms with Crippen LogP contribution in [0.1, 0.15) is 80.2 Å². The fraction of sp³-hybridized carbons (Fsp3) is 0.763. The van der Waals surface area contributed by atoms with Crippen molar-refractivity contribution in [3.8, 4) is 0 Å². The molecule has 0 aromatic heterocycles. The van der Waals surface area contributed by atoms with Crippen LogP contribution in [0, 0.1) is 17.8 Å². The molecule has 4 rings (SSSR count). The minimum absolute atomic E-state index is 0.0573. The molecule has 3 heterocycles. The summed E-state index contributed by atoms with van der Waals surface area (Å²) in [7, 11) is 5.39. The van der Waals surface area contributed by atoms with Crippen molar-refractivity contribution >= 4 is 17.8 Å². The van der Waals surface area contributed by atoms with Gasteiger partial charge in [0.05, 0.1) is 30.4 Å². The number of esters is 1. The molecule has 282 valence electrons. The molecule has 0 radical (unpaired) electrons. The van der Waals surface area contributed by atoms with Crippen LogP contribution in [0.15, 0.2) is 35.3 Å². The van der Waals surface area contributed by atoms with Gasteiger partial charge < -0.3 is 43.7 Å². The van der Waals surface area contributed by atoms with Gasteiger partial charge in [0.25, 0.3) is 6.02 Å². The number of aliphatic hydroxyl groups is 2. The van der Waals surface area contributed by atoms with E-state index in [4.69, 9.17) is 28.7 Å². The summed E-state index contributed by atoms with van der Waals surface area (Å²) in [6.07, 6.45) is -3.54. The zero-order chi connectivity index (χ0) is 37.1. The second kappa shape index (κ2) is 16.4. The Morgan fingerprint density at radius 3 is 2.32 bits per heavy atom. The maximum Gasteiger partial charge on any atom is 0.316 e. The third-order valence-corrected chi connectivity index (χ3v) is 11.1. The number of fused-ring (bicyclic) bond motifs is 2. The number of hydrogen-bond acceptors (Lipinski definition) is 11. The SMILES string of the molecule is CC[C@H]1OC(=O)[C@H](C)C(=O)[C@H](C)[C@@H](O[C@@H]2O[C@H](C)C[C@H](N(C)C)[C@H]2O)[C@](C)(OC)C[C@@H](C)CN2C(=NCc3ccccc3)O[C@H]([C@H]2C)[C@]1(C)O. The Bertz CT molecular complexity index is 1330. The lowest BCUT2D eigenvalue weighted by atomic mass is 9.78. The number of nitrogens with zero attached hydrogens (tertiary/aromatic N) is 3. The van der Waals surface area contributed by atoms with Crippen molar-refractivity contribution < 1.29 is 43.5 Å². The van der Waals surface area contributed by atoms with Gasteiger partial charge in [-0.1, -0.05) is 51.1 Å². The Balaban J connectivity index is 1.77. The van der Waals surface area contributed by atoms with Crippen LogP contribution in [0.3, 0.4) is 0 Å². The van der Waals surface area contributed by atoms with Crippen LogP contribution in [0.25, 0.3) is 0 Å². The fourth-order valence-electron chi connectivity index (χ4n) is 8.04. The van der Waals surface area contributed by atoms with Gasteiger partial charge in [-0.05, 0) is 79.5 Å². The highest BCUT2D eigenvalue weighted by molar-refractivity contribution is 6.00. The van der Waals surface area contributed by atoms with Gasteiger partial charge in [-0.3, -0.25) is 9.59 Å². The predicted octanol–water partition coefficient (Wildman–Crippen LogP) is 3.80. The minimum atomic E-state index is -1.61. The third-order valence-electron chi connectivity index (χ3n) is 11.1. The van der Waals surface area contributed by atoms with Gasteiger partial charge >= 0.3 is 5.97 Å². The summed E-state index contributed by atoms with van der Waals surface area (Å²) in [5.74, 6) is -3.22. The van der Waals surface area contributed by atoms with Crippen LogP contribution in [0.5, 0.6) is 0 Å². The lowest BCUT2D eigenvalue weighted by Crippen LogP contribution is -2.59. The van der Waals surface area contributed by atoms with Gasteiger partial charge in [-0.15, -0.1) is 0 Å². The van der Waals surface area contributed by atoms with Crippen LogP contribution >= 0.6 is 0 Å². The number of carbonyl (C=O) groups excluding carboxylic acids is 2. The van der Waals surface area contributed by atoms with Crippen molar-refractivity contribution in [2.24, 2.45) is 22.7 Å². The Kier molecular flexibility index (Phi) is 13.2. The van der Waals surface area contributed by atoms with Gasteiger partial charge in [0.15, 0.2) is 18.2 Å². The molecule has 0 spiro atoms. The highest BCUT2D eigenvalue weighted by Gasteiger charge is 2.54. The number of ketones is 1. The number of amidine groups is 1. The first-order chi connectivity index (χ1) is 23.4. The zero-order valence-corrected chi connectivity index (χ0v) is 31.9. The lowest BCUT2D eigenvalue weighted by Gasteiger charge is -2.46. The first kappa shape index (κ1) is 40.2. The van der Waals surface area contributed by atoms with E-state index >= 15 is 0 Å². The second-order valence-electron chi connectivity index (χ2n) is 15.4. The molecule has 50 heavy (non-hydrogen) atoms. The smallest absolute Gasteiger partial charge is 0.316 e. The highest BCUT2D eigenvalue weighted by atomic mass is 16.7. The molecule has 0 amide bonds. The van der Waals surface area contributed by atoms with Crippen molar-refractivity contribution in [3.05, 3.63) is 35.9 Å². The number of methoxy groups -OCH3 is 1. The molecule has 12 heteroatoms. The monoisotopic (exact) mass is 703 g/mol. The maximum absolute atomic E-state index is 14.2. The van der Waals surface area contributed by atoms with E-state index in [1.807, 2.05) is 77.0 Å². The average Bonchev–Trinajstić information content (AvgIpc) is 3.39. The van der Waals surface area contributed by atoms with Crippen molar-refractivity contribution in [3.63, 3.8) is 0 Å². The fourth-order valence-corrected chi connectivity index (χ4v) is 8.04. The van der Waals surface area contributed by atoms with Crippen molar-refractivity contribution in [1.29, 1.82) is 0 Å². The summed E-state index contributed by atoms with van der Waals surface area (Å²) in [6, 6.07) is 9.70. The van der Waals surface area contributed by atoms with Crippen LogP contribution < -0.4 is 0 Å². The van der Waals surface area contributed by atoms with Gasteiger partial charge in [0.2, 0.25) is 0 Å². The molecule has 2 N–H and O–H groups in total. The highest BCUT2D eigenvalue weighted by Crippen LogP contribution is 2.39. The Morgan fingerprint density at radius 1 is 1.06 bits per heavy atom. The van der Waals surface area contributed by atoms with Crippen LogP contribution in [-0.4, -0.2) is 126 Å². The van der Waals surface area contributed by atoms with E-state index in [-0.39, 0.29) is 24.1 Å². The topological polar surface area (TPSA) is 140 Å². The summed E-state index contributed by atoms with van der Waals surface area (Å²) >= 11 is 0. The summed E-state index contributed by atoms with van der Waals surface area (Å²) in [5.41, 5.74) is -1.65. The quantitative estimate of drug-likeness (QED) is 0.317. The molecule has 3 fully saturated rings. The van der Waals surface area contributed by atoms with Crippen LogP contribution in [0.4, 0.5) is 0 Å². The largest absolute Gasteiger partial charge is 0.459 e. The Morgan fingerprint density at radius 2 is 1.72 bits per heavy atom. The van der Waals surface area contributed by atoms with E-state index in [1.165, 1.54) is 6.92 Å². The van der Waals surface area contributed by atoms with Crippen LogP contribution in [0.2, 0.25) is 0 Å². The molecule has 3 saturated heterocycles. The van der Waals surface area contributed by atoms with Gasteiger partial charge in [-0.2, -0.15) is 0 Å². The molecule has 1 aromatic rings. The number of aliphatic hydroxyl groups excluding tert-OH is 1. The molecule has 2 bridgehead atoms. The maximum atomic E-state index is 14.2. The summed E-state index contributed by atoms with van der Waals surface area (Å²) in [6.45, 7) is 15.5. The molecule has 13 atom stereocenters. The van der Waals surface area contributed by atoms with Crippen molar-refractivity contribution in [2.45, 2.75) is 141 Å². The number of cyclic esters (lactones) is 1. The number of likely N-dealkylation sites (N-methyl/N-ethyl adjacent to an activating group) is 1. The average molecular weight is 704 g/mol. The number of rotatable bonds is 7. The summed E-state index contributed by atoms with van der Waals surface area (Å²) in [5, 5.41) is 23.5. The summed E-state index contributed by atoms with van der Waals surface area (Å²) in [4.78, 5) is 36.7. The Hall–Kier alpha value is -2.61. The molecule has 0 unspecified atom stereocenters. The van der Waals surface area contributed by atoms with E-state index < -0.39 is 65.5 Å². The minimum Gasteiger partial charge on any atom is -0.459 e. The number of aliphatic imine (C=N–C) groups is 1. The van der Waals surface area contributed by atoms with E-state index in [0.717, 1.165) is 5.56 Å². The molecular formula is C38H61N3O9. The number of benzene rings is 1. The normalized spacial score (nSPS) is 41.4. The van der Waals surface area contributed by atoms with Crippen molar-refractivity contribution in [2.75, 3.05) is 27.7 Å². The first-order valence-corrected chi connectivity index (χ1v) is 18.1. The zero-order valence-electron chi connectivity index (χ0n) is 31.9. The van der Waals surface area contributed by atoms with Gasteiger partial charge in [0.1, 0.15) is 23.7 Å². The van der Waals surface area contributed by atoms with Crippen molar-refractivity contribution in [1.82, 2.24) is 9.80 Å². The van der Waals surface area contributed by atoms with E-state index in [0.29, 0.717) is 38.4 Å². The molecule has 3 aliphatic rings. The number of hydrogen-bond donors (Lipinski definition) is 2. The molecule has 12 nitrogen and oxygen atoms in total. The lowest BCUT2D eigenvalue weighted by molar-refractivity contribution is -0.295. The molecule has 0 aliphatic carbocycles. The Labute approximate surface area is 298 Å². The molecular weight excluding hydrogens is 642 g/mol. The third kappa shape index (κ3) is 8.53. The van der Waals surface area contributed by atoms with Gasteiger partial charge in [0, 0.05) is 25.6 Å². The van der Waals surface area contributed by atoms with E-state index in [2.05, 4.69) is 11.8 Å². The standard InChI is InChI=1S/C38H61N3O9/c1-12-29-38(8,45)33-26(6)41(36(50-33)39-20-27-16-14-13-15-17-27)21-22(2)19-37(7,46-11)32(24(4)30(42)25(5)34(44)48-29)49-35-31(43)28(40(9)10)18-23(3)47-35/h13-17,22-26,28-29,31-33,35,43,45H,12,18-21H2,1-11H3/t22-,23-,24+,25-,26-,28+,29-,31-,32-,33-,35+,37-,38-/m1/s1. The number of Topliss-reactive ketones (excluding diaryl/α,β-unsaturated/α-hetero) is 1.